The number of carbonyl (C=O) groups is 1. The van der Waals surface area contributed by atoms with E-state index in [1.165, 1.54) is 24.3 Å². The van der Waals surface area contributed by atoms with Gasteiger partial charge in [0.1, 0.15) is 15.8 Å². The number of hydrogen-bond donors (Lipinski definition) is 1. The number of nitro groups is 1. The summed E-state index contributed by atoms with van der Waals surface area (Å²) in [6.45, 7) is 0. The molecule has 7 nitrogen and oxygen atoms in total. The summed E-state index contributed by atoms with van der Waals surface area (Å²) in [4.78, 5) is 26.3. The quantitative estimate of drug-likeness (QED) is 0.297. The molecule has 0 aliphatic heterocycles. The first kappa shape index (κ1) is 23.6. The van der Waals surface area contributed by atoms with Crippen LogP contribution in [0.4, 0.5) is 24.5 Å². The fraction of sp³-hybridized carbons (Fsp3) is 0.0526. The third-order valence-corrected chi connectivity index (χ3v) is 4.83. The number of hydrogen-bond acceptors (Lipinski definition) is 5. The van der Waals surface area contributed by atoms with Crippen LogP contribution in [0.3, 0.4) is 0 Å². The van der Waals surface area contributed by atoms with Gasteiger partial charge in [0.15, 0.2) is 0 Å². The number of nitrogens with zero attached hydrogens (tertiary/aromatic N) is 2. The topological polar surface area (TPSA) is 94.4 Å². The van der Waals surface area contributed by atoms with Gasteiger partial charge in [-0.3, -0.25) is 14.9 Å². The Hall–Kier alpha value is -3.08. The van der Waals surface area contributed by atoms with Crippen molar-refractivity contribution in [3.63, 3.8) is 0 Å². The molecule has 1 heterocycles. The fourth-order valence-electron chi connectivity index (χ4n) is 2.42. The lowest BCUT2D eigenvalue weighted by atomic mass is 10.1. The molecular formula is C19H9Cl3F3N3O4. The SMILES string of the molecule is O=C(Nc1ccc(Oc2ncc(C(F)(F)F)cc2Cl)cc1)c1cc([N+](=O)[O-])c(Cl)cc1Cl. The molecule has 13 heteroatoms. The summed E-state index contributed by atoms with van der Waals surface area (Å²) < 4.78 is 43.4. The minimum absolute atomic E-state index is 0.0823. The van der Waals surface area contributed by atoms with E-state index in [1.54, 1.807) is 0 Å². The number of nitro benzene ring substituents is 1. The molecular weight excluding hydrogens is 498 g/mol. The van der Waals surface area contributed by atoms with Crippen molar-refractivity contribution in [1.82, 2.24) is 4.98 Å². The molecule has 0 saturated heterocycles. The van der Waals surface area contributed by atoms with Crippen molar-refractivity contribution < 1.29 is 27.6 Å². The highest BCUT2D eigenvalue weighted by Gasteiger charge is 2.31. The Balaban J connectivity index is 1.74. The van der Waals surface area contributed by atoms with Crippen molar-refractivity contribution in [3.8, 4) is 11.6 Å². The first-order valence-electron chi connectivity index (χ1n) is 8.41. The molecule has 32 heavy (non-hydrogen) atoms. The highest BCUT2D eigenvalue weighted by Crippen LogP contribution is 2.35. The molecule has 3 aromatic rings. The number of nitrogens with one attached hydrogen (secondary N) is 1. The highest BCUT2D eigenvalue weighted by atomic mass is 35.5. The minimum atomic E-state index is -4.59. The first-order chi connectivity index (χ1) is 15.0. The maximum absolute atomic E-state index is 12.7. The largest absolute Gasteiger partial charge is 0.438 e. The van der Waals surface area contributed by atoms with Crippen LogP contribution in [0.15, 0.2) is 48.7 Å². The number of benzene rings is 2. The molecule has 0 aliphatic carbocycles. The van der Waals surface area contributed by atoms with E-state index < -0.39 is 28.3 Å². The highest BCUT2D eigenvalue weighted by molar-refractivity contribution is 6.38. The number of alkyl halides is 3. The van der Waals surface area contributed by atoms with Gasteiger partial charge in [-0.15, -0.1) is 0 Å². The molecule has 3 rings (SSSR count). The number of ether oxygens (including phenoxy) is 1. The summed E-state index contributed by atoms with van der Waals surface area (Å²) >= 11 is 17.5. The van der Waals surface area contributed by atoms with Crippen molar-refractivity contribution in [2.24, 2.45) is 0 Å². The zero-order valence-corrected chi connectivity index (χ0v) is 17.7. The fourth-order valence-corrected chi connectivity index (χ4v) is 3.17. The molecule has 0 aliphatic rings. The lowest BCUT2D eigenvalue weighted by molar-refractivity contribution is -0.384. The van der Waals surface area contributed by atoms with Gasteiger partial charge >= 0.3 is 6.18 Å². The molecule has 0 spiro atoms. The summed E-state index contributed by atoms with van der Waals surface area (Å²) in [6, 6.07) is 8.37. The van der Waals surface area contributed by atoms with Crippen molar-refractivity contribution in [1.29, 1.82) is 0 Å². The summed E-state index contributed by atoms with van der Waals surface area (Å²) in [5.41, 5.74) is -1.38. The van der Waals surface area contributed by atoms with Crippen LogP contribution in [-0.2, 0) is 6.18 Å². The van der Waals surface area contributed by atoms with Crippen LogP contribution < -0.4 is 10.1 Å². The molecule has 1 N–H and O–H groups in total. The predicted molar refractivity (Wildman–Crippen MR) is 112 cm³/mol. The Labute approximate surface area is 192 Å². The Morgan fingerprint density at radius 1 is 1.03 bits per heavy atom. The van der Waals surface area contributed by atoms with Crippen LogP contribution >= 0.6 is 34.8 Å². The van der Waals surface area contributed by atoms with E-state index in [0.29, 0.717) is 12.3 Å². The van der Waals surface area contributed by atoms with Crippen molar-refractivity contribution >= 4 is 52.1 Å². The van der Waals surface area contributed by atoms with Gasteiger partial charge in [0.05, 0.1) is 21.1 Å². The van der Waals surface area contributed by atoms with Crippen LogP contribution in [0.25, 0.3) is 0 Å². The Morgan fingerprint density at radius 3 is 2.25 bits per heavy atom. The van der Waals surface area contributed by atoms with Gasteiger partial charge in [-0.05, 0) is 36.4 Å². The van der Waals surface area contributed by atoms with E-state index in [-0.39, 0.29) is 37.9 Å². The van der Waals surface area contributed by atoms with Gasteiger partial charge in [-0.2, -0.15) is 13.2 Å². The standard InChI is InChI=1S/C19H9Cl3F3N3O4/c20-13-7-14(21)16(28(30)31)6-12(13)17(29)27-10-1-3-11(4-2-10)32-18-15(22)5-9(8-26-18)19(23,24)25/h1-8H,(H,27,29). The third-order valence-electron chi connectivity index (χ3n) is 3.94. The van der Waals surface area contributed by atoms with E-state index >= 15 is 0 Å². The second kappa shape index (κ2) is 9.19. The van der Waals surface area contributed by atoms with Crippen LogP contribution in [-0.4, -0.2) is 15.8 Å². The van der Waals surface area contributed by atoms with Gasteiger partial charge < -0.3 is 10.1 Å². The maximum Gasteiger partial charge on any atom is 0.417 e. The van der Waals surface area contributed by atoms with Gasteiger partial charge in [0, 0.05) is 18.0 Å². The monoisotopic (exact) mass is 505 g/mol. The molecule has 0 radical (unpaired) electrons. The van der Waals surface area contributed by atoms with E-state index in [2.05, 4.69) is 10.3 Å². The lowest BCUT2D eigenvalue weighted by Crippen LogP contribution is -2.13. The van der Waals surface area contributed by atoms with E-state index in [1.807, 2.05) is 0 Å². The predicted octanol–water partition coefficient (Wildman–Crippen LogP) is 7.01. The summed E-state index contributed by atoms with van der Waals surface area (Å²) in [7, 11) is 0. The number of anilines is 1. The van der Waals surface area contributed by atoms with Crippen LogP contribution in [0, 0.1) is 10.1 Å². The number of rotatable bonds is 5. The summed E-state index contributed by atoms with van der Waals surface area (Å²) in [5.74, 6) is -0.787. The number of pyridine rings is 1. The zero-order valence-electron chi connectivity index (χ0n) is 15.4. The molecule has 1 amide bonds. The Morgan fingerprint density at radius 2 is 1.69 bits per heavy atom. The van der Waals surface area contributed by atoms with Gasteiger partial charge in [0.2, 0.25) is 5.88 Å². The molecule has 0 bridgehead atoms. The zero-order chi connectivity index (χ0) is 23.6. The van der Waals surface area contributed by atoms with E-state index in [4.69, 9.17) is 39.5 Å². The average Bonchev–Trinajstić information content (AvgIpc) is 2.69. The van der Waals surface area contributed by atoms with Crippen molar-refractivity contribution in [2.75, 3.05) is 5.32 Å². The molecule has 0 unspecified atom stereocenters. The molecule has 1 aromatic heterocycles. The van der Waals surface area contributed by atoms with Gasteiger partial charge in [-0.1, -0.05) is 34.8 Å². The normalized spacial score (nSPS) is 11.2. The first-order valence-corrected chi connectivity index (χ1v) is 9.54. The third kappa shape index (κ3) is 5.39. The van der Waals surface area contributed by atoms with Crippen molar-refractivity contribution in [3.05, 3.63) is 85.0 Å². The number of amides is 1. The van der Waals surface area contributed by atoms with E-state index in [0.717, 1.165) is 12.1 Å². The van der Waals surface area contributed by atoms with Crippen LogP contribution in [0.1, 0.15) is 15.9 Å². The molecule has 2 aromatic carbocycles. The summed E-state index contributed by atoms with van der Waals surface area (Å²) in [6.07, 6.45) is -4.01. The number of aromatic nitrogens is 1. The Kier molecular flexibility index (Phi) is 6.77. The molecule has 0 fully saturated rings. The second-order valence-electron chi connectivity index (χ2n) is 6.13. The molecule has 0 saturated carbocycles. The molecule has 0 atom stereocenters. The van der Waals surface area contributed by atoms with Crippen molar-refractivity contribution in [2.45, 2.75) is 6.18 Å². The maximum atomic E-state index is 12.7. The number of carbonyl (C=O) groups excluding carboxylic acids is 1. The minimum Gasteiger partial charge on any atom is -0.438 e. The smallest absolute Gasteiger partial charge is 0.417 e. The van der Waals surface area contributed by atoms with Crippen LogP contribution in [0.5, 0.6) is 11.6 Å². The number of halogens is 6. The Bertz CT molecular complexity index is 1200. The average molecular weight is 507 g/mol. The van der Waals surface area contributed by atoms with E-state index in [9.17, 15) is 28.1 Å². The van der Waals surface area contributed by atoms with Crippen LogP contribution in [0.2, 0.25) is 15.1 Å². The van der Waals surface area contributed by atoms with Gasteiger partial charge in [-0.25, -0.2) is 4.98 Å². The molecule has 166 valence electrons. The lowest BCUT2D eigenvalue weighted by Gasteiger charge is -2.11. The van der Waals surface area contributed by atoms with Gasteiger partial charge in [0.25, 0.3) is 11.6 Å². The second-order valence-corrected chi connectivity index (χ2v) is 7.35. The summed E-state index contributed by atoms with van der Waals surface area (Å²) in [5, 5.41) is 12.9.